The van der Waals surface area contributed by atoms with Crippen LogP contribution in [-0.4, -0.2) is 41.3 Å². The zero-order valence-corrected chi connectivity index (χ0v) is 17.0. The summed E-state index contributed by atoms with van der Waals surface area (Å²) in [5, 5.41) is 12.4. The van der Waals surface area contributed by atoms with Crippen LogP contribution in [0.2, 0.25) is 0 Å². The molecule has 1 amide bonds. The Labute approximate surface area is 149 Å². The van der Waals surface area contributed by atoms with Gasteiger partial charge in [-0.25, -0.2) is 4.79 Å². The molecule has 0 aliphatic carbocycles. The van der Waals surface area contributed by atoms with Crippen molar-refractivity contribution in [2.75, 3.05) is 18.9 Å². The Morgan fingerprint density at radius 3 is 2.29 bits per heavy atom. The molecule has 2 unspecified atom stereocenters. The molecule has 0 aliphatic heterocycles. The number of carbonyl (C=O) groups excluding carboxylic acids is 1. The maximum absolute atomic E-state index is 11.8. The average Bonchev–Trinajstić information content (AvgIpc) is 2.20. The van der Waals surface area contributed by atoms with Crippen molar-refractivity contribution in [3.05, 3.63) is 0 Å². The molecule has 6 nitrogen and oxygen atoms in total. The van der Waals surface area contributed by atoms with Crippen LogP contribution in [0, 0.1) is 0 Å². The van der Waals surface area contributed by atoms with Gasteiger partial charge in [-0.05, 0) is 40.3 Å². The summed E-state index contributed by atoms with van der Waals surface area (Å²) in [4.78, 5) is 23.3. The van der Waals surface area contributed by atoms with Crippen LogP contribution in [-0.2, 0) is 9.30 Å². The molecule has 120 valence electrons. The van der Waals surface area contributed by atoms with Gasteiger partial charge in [0.1, 0.15) is 5.60 Å². The van der Waals surface area contributed by atoms with Crippen molar-refractivity contribution in [3.63, 3.8) is 0 Å². The summed E-state index contributed by atoms with van der Waals surface area (Å²) in [5.74, 6) is 0. The summed E-state index contributed by atoms with van der Waals surface area (Å²) in [6.45, 7) is 8.30. The second kappa shape index (κ2) is 9.53. The predicted molar refractivity (Wildman–Crippen MR) is 77.1 cm³/mol. The Bertz CT molecular complexity index is 368. The van der Waals surface area contributed by atoms with Gasteiger partial charge in [-0.1, -0.05) is 13.3 Å². The van der Waals surface area contributed by atoms with Crippen LogP contribution in [0.3, 0.4) is 0 Å². The predicted octanol–water partition coefficient (Wildman–Crippen LogP) is -1.30. The van der Waals surface area contributed by atoms with Crippen molar-refractivity contribution >= 4 is 13.5 Å². The molecule has 0 radical (unpaired) electrons. The first-order valence-electron chi connectivity index (χ1n) is 6.85. The molecule has 21 heavy (non-hydrogen) atoms. The number of unbranched alkanes of at least 4 members (excludes halogenated alkanes) is 1. The van der Waals surface area contributed by atoms with Crippen LogP contribution in [0.1, 0.15) is 47.5 Å². The number of rotatable bonds is 7. The van der Waals surface area contributed by atoms with E-state index in [9.17, 15) is 19.4 Å². The van der Waals surface area contributed by atoms with Crippen molar-refractivity contribution in [1.29, 1.82) is 0 Å². The van der Waals surface area contributed by atoms with Gasteiger partial charge >= 0.3 is 35.7 Å². The van der Waals surface area contributed by atoms with Gasteiger partial charge in [0.25, 0.3) is 0 Å². The molecule has 0 aromatic heterocycles. The molecular weight excluding hydrogens is 304 g/mol. The molecule has 2 atom stereocenters. The quantitative estimate of drug-likeness (QED) is 0.446. The summed E-state index contributed by atoms with van der Waals surface area (Å²) in [5.41, 5.74) is -2.13. The van der Waals surface area contributed by atoms with Crippen LogP contribution in [0.25, 0.3) is 0 Å². The van der Waals surface area contributed by atoms with Crippen LogP contribution in [0.15, 0.2) is 0 Å². The first kappa shape index (κ1) is 23.7. The fraction of sp³-hybridized carbons (Fsp3) is 0.923. The van der Waals surface area contributed by atoms with Gasteiger partial charge in [0, 0.05) is 20.1 Å². The molecule has 0 bridgehead atoms. The van der Waals surface area contributed by atoms with E-state index in [0.717, 1.165) is 6.42 Å². The minimum absolute atomic E-state index is 0. The first-order chi connectivity index (χ1) is 8.87. The van der Waals surface area contributed by atoms with Gasteiger partial charge in [-0.15, -0.1) is 0 Å². The molecule has 0 saturated heterocycles. The number of alkyl carbamates (subject to hydrolysis) is 1. The zero-order valence-electron chi connectivity index (χ0n) is 14.1. The van der Waals surface area contributed by atoms with E-state index in [0.29, 0.717) is 6.42 Å². The fourth-order valence-electron chi connectivity index (χ4n) is 1.63. The molecule has 0 aliphatic rings. The largest absolute Gasteiger partial charge is 1.00 e. The number of hydrogen-bond acceptors (Lipinski definition) is 5. The van der Waals surface area contributed by atoms with Gasteiger partial charge in [-0.3, -0.25) is 0 Å². The maximum Gasteiger partial charge on any atom is 1.00 e. The van der Waals surface area contributed by atoms with E-state index < -0.39 is 24.7 Å². The third-order valence-electron chi connectivity index (χ3n) is 2.45. The number of aliphatic hydroxyl groups is 1. The zero-order chi connectivity index (χ0) is 16.0. The Hall–Kier alpha value is 0.420. The molecule has 0 saturated carbocycles. The molecule has 0 spiro atoms. The third-order valence-corrected chi connectivity index (χ3v) is 4.61. The van der Waals surface area contributed by atoms with Crippen molar-refractivity contribution in [2.24, 2.45) is 0 Å². The average molecular weight is 331 g/mol. The maximum atomic E-state index is 11.8. The molecule has 0 fully saturated rings. The van der Waals surface area contributed by atoms with Crippen molar-refractivity contribution in [1.82, 2.24) is 5.32 Å². The molecule has 2 N–H and O–H groups in total. The second-order valence-electron chi connectivity index (χ2n) is 6.40. The van der Waals surface area contributed by atoms with Crippen molar-refractivity contribution in [3.8, 4) is 0 Å². The summed E-state index contributed by atoms with van der Waals surface area (Å²) >= 11 is 0. The first-order valence-corrected chi connectivity index (χ1v) is 8.85. The molecule has 8 heteroatoms. The Morgan fingerprint density at radius 1 is 1.33 bits per heavy atom. The smallest absolute Gasteiger partial charge is 0.799 e. The van der Waals surface area contributed by atoms with E-state index >= 15 is 0 Å². The number of hydrogen-bond donors (Lipinski definition) is 2. The topological polar surface area (TPSA) is 98.7 Å². The van der Waals surface area contributed by atoms with E-state index in [1.54, 1.807) is 20.8 Å². The van der Waals surface area contributed by atoms with E-state index in [-0.39, 0.29) is 48.4 Å². The molecular formula is C13H27NNaO5P. The minimum Gasteiger partial charge on any atom is -0.799 e. The molecule has 0 aromatic carbocycles. The Kier molecular flexibility index (Phi) is 10.8. The molecule has 0 heterocycles. The van der Waals surface area contributed by atoms with E-state index in [1.807, 2.05) is 6.92 Å². The standard InChI is InChI=1S/C13H28NO5P.Na/c1-6-7-8-20(17,18)10-13(5,16)9-14-11(15)19-12(2,3)4;/h16H,6-10H2,1-5H3,(H,14,15)(H,17,18);/q;+1/p-1. The fourth-order valence-corrected chi connectivity index (χ4v) is 3.74. The van der Waals surface area contributed by atoms with E-state index in [2.05, 4.69) is 5.32 Å². The van der Waals surface area contributed by atoms with Gasteiger partial charge in [0.2, 0.25) is 0 Å². The normalized spacial score (nSPS) is 17.1. The van der Waals surface area contributed by atoms with Gasteiger partial charge in [0.05, 0.1) is 5.60 Å². The summed E-state index contributed by atoms with van der Waals surface area (Å²) < 4.78 is 16.8. The number of carbonyl (C=O) groups is 1. The summed E-state index contributed by atoms with van der Waals surface area (Å²) in [6, 6.07) is 0. The summed E-state index contributed by atoms with van der Waals surface area (Å²) in [7, 11) is -3.62. The van der Waals surface area contributed by atoms with Crippen LogP contribution in [0.4, 0.5) is 4.79 Å². The third kappa shape index (κ3) is 13.8. The van der Waals surface area contributed by atoms with E-state index in [4.69, 9.17) is 4.74 Å². The van der Waals surface area contributed by atoms with Crippen LogP contribution in [0.5, 0.6) is 0 Å². The number of ether oxygens (including phenoxy) is 1. The van der Waals surface area contributed by atoms with Crippen LogP contribution >= 0.6 is 7.37 Å². The number of nitrogens with one attached hydrogen (secondary N) is 1. The number of amides is 1. The summed E-state index contributed by atoms with van der Waals surface area (Å²) in [6.07, 6.45) is 0.412. The van der Waals surface area contributed by atoms with Gasteiger partial charge < -0.3 is 24.6 Å². The molecule has 0 rings (SSSR count). The Balaban J connectivity index is 0. The van der Waals surface area contributed by atoms with Crippen LogP contribution < -0.4 is 39.8 Å². The van der Waals surface area contributed by atoms with E-state index in [1.165, 1.54) is 6.92 Å². The SMILES string of the molecule is CCCCP(=O)([O-])CC(C)(O)CNC(=O)OC(C)(C)C.[Na+]. The van der Waals surface area contributed by atoms with Gasteiger partial charge in [-0.2, -0.15) is 0 Å². The Morgan fingerprint density at radius 2 is 1.86 bits per heavy atom. The minimum atomic E-state index is -3.62. The second-order valence-corrected chi connectivity index (χ2v) is 8.79. The van der Waals surface area contributed by atoms with Gasteiger partial charge in [0.15, 0.2) is 0 Å². The monoisotopic (exact) mass is 331 g/mol. The van der Waals surface area contributed by atoms with Crippen molar-refractivity contribution < 1.29 is 53.7 Å². The van der Waals surface area contributed by atoms with Crippen molar-refractivity contribution in [2.45, 2.75) is 58.7 Å². The molecule has 0 aromatic rings.